The van der Waals surface area contributed by atoms with Crippen molar-refractivity contribution in [1.29, 1.82) is 0 Å². The van der Waals surface area contributed by atoms with E-state index in [1.165, 1.54) is 6.33 Å². The maximum absolute atomic E-state index is 9.81. The largest absolute Gasteiger partial charge is 0.507 e. The van der Waals surface area contributed by atoms with Crippen molar-refractivity contribution in [3.8, 4) is 17.0 Å². The maximum Gasteiger partial charge on any atom is 0.131 e. The number of aromatic nitrogens is 2. The molecule has 4 nitrogen and oxygen atoms in total. The number of thiol groups is 1. The monoisotopic (exact) mass is 273 g/mol. The van der Waals surface area contributed by atoms with Gasteiger partial charge in [0.2, 0.25) is 0 Å². The van der Waals surface area contributed by atoms with E-state index < -0.39 is 0 Å². The Kier molecular flexibility index (Phi) is 2.50. The number of nitrogens with two attached hydrogens (primary N) is 1. The highest BCUT2D eigenvalue weighted by molar-refractivity contribution is 7.80. The van der Waals surface area contributed by atoms with Gasteiger partial charge in [0.15, 0.2) is 0 Å². The topological polar surface area (TPSA) is 72.0 Å². The van der Waals surface area contributed by atoms with Crippen LogP contribution in [0.5, 0.6) is 5.75 Å². The number of hydrogen-bond acceptors (Lipinski definition) is 5. The Balaban J connectivity index is 2.39. The first kappa shape index (κ1) is 12.3. The minimum absolute atomic E-state index is 0.182. The molecule has 1 aliphatic carbocycles. The Hall–Kier alpha value is -1.75. The molecule has 1 aromatic carbocycles. The van der Waals surface area contributed by atoms with E-state index in [1.54, 1.807) is 6.07 Å². The fourth-order valence-corrected chi connectivity index (χ4v) is 3.10. The average molecular weight is 273 g/mol. The van der Waals surface area contributed by atoms with Gasteiger partial charge in [-0.05, 0) is 29.5 Å². The molecular weight excluding hydrogens is 258 g/mol. The molecule has 1 aromatic heterocycles. The van der Waals surface area contributed by atoms with Gasteiger partial charge in [-0.25, -0.2) is 9.97 Å². The number of nitrogens with zero attached hydrogens (tertiary/aromatic N) is 2. The van der Waals surface area contributed by atoms with Crippen LogP contribution < -0.4 is 5.73 Å². The highest BCUT2D eigenvalue weighted by Gasteiger charge is 2.35. The summed E-state index contributed by atoms with van der Waals surface area (Å²) in [4.78, 5) is 9.10. The molecule has 0 unspecified atom stereocenters. The van der Waals surface area contributed by atoms with Gasteiger partial charge >= 0.3 is 0 Å². The summed E-state index contributed by atoms with van der Waals surface area (Å²) in [5, 5.41) is 9.81. The number of benzene rings is 1. The third kappa shape index (κ3) is 1.69. The number of fused-ring (bicyclic) bond motifs is 3. The smallest absolute Gasteiger partial charge is 0.131 e. The number of rotatable bonds is 0. The van der Waals surface area contributed by atoms with Crippen LogP contribution in [0, 0.1) is 0 Å². The minimum Gasteiger partial charge on any atom is -0.507 e. The molecule has 98 valence electrons. The first-order valence-electron chi connectivity index (χ1n) is 6.07. The van der Waals surface area contributed by atoms with Crippen LogP contribution in [0.2, 0.25) is 0 Å². The zero-order chi connectivity index (χ0) is 13.8. The van der Waals surface area contributed by atoms with Crippen LogP contribution in [0.25, 0.3) is 11.3 Å². The zero-order valence-electron chi connectivity index (χ0n) is 10.8. The first-order chi connectivity index (χ1) is 8.92. The maximum atomic E-state index is 9.81. The molecule has 0 saturated carbocycles. The molecule has 0 spiro atoms. The summed E-state index contributed by atoms with van der Waals surface area (Å²) in [7, 11) is 0. The number of hydrogen-bond donors (Lipinski definition) is 3. The van der Waals surface area contributed by atoms with Crippen molar-refractivity contribution in [1.82, 2.24) is 9.97 Å². The molecule has 0 radical (unpaired) electrons. The summed E-state index contributed by atoms with van der Waals surface area (Å²) >= 11 is 4.42. The second-order valence-corrected chi connectivity index (χ2v) is 5.95. The van der Waals surface area contributed by atoms with Gasteiger partial charge < -0.3 is 10.8 Å². The molecule has 1 heterocycles. The number of nitrogen functional groups attached to an aromatic ring is 1. The molecule has 0 saturated heterocycles. The average Bonchev–Trinajstić information content (AvgIpc) is 2.34. The molecule has 0 atom stereocenters. The van der Waals surface area contributed by atoms with E-state index in [0.29, 0.717) is 10.7 Å². The van der Waals surface area contributed by atoms with Crippen molar-refractivity contribution in [2.45, 2.75) is 30.6 Å². The van der Waals surface area contributed by atoms with Gasteiger partial charge in [0.05, 0.1) is 5.69 Å². The normalized spacial score (nSPS) is 15.7. The molecule has 0 amide bonds. The van der Waals surface area contributed by atoms with Crippen LogP contribution in [0.15, 0.2) is 23.4 Å². The Bertz CT molecular complexity index is 683. The zero-order valence-corrected chi connectivity index (χ0v) is 11.7. The van der Waals surface area contributed by atoms with Crippen molar-refractivity contribution >= 4 is 18.4 Å². The van der Waals surface area contributed by atoms with Crippen LogP contribution in [-0.4, -0.2) is 15.1 Å². The van der Waals surface area contributed by atoms with Crippen molar-refractivity contribution in [2.24, 2.45) is 0 Å². The van der Waals surface area contributed by atoms with E-state index in [2.05, 4.69) is 36.4 Å². The lowest BCUT2D eigenvalue weighted by molar-refractivity contribution is 0.455. The highest BCUT2D eigenvalue weighted by atomic mass is 32.1. The number of phenolic OH excluding ortho intramolecular Hbond substituents is 1. The van der Waals surface area contributed by atoms with Crippen LogP contribution in [0.3, 0.4) is 0 Å². The fraction of sp³-hybridized carbons (Fsp3) is 0.286. The van der Waals surface area contributed by atoms with Crippen LogP contribution in [0.4, 0.5) is 5.82 Å². The van der Waals surface area contributed by atoms with E-state index >= 15 is 0 Å². The second kappa shape index (κ2) is 3.87. The van der Waals surface area contributed by atoms with E-state index in [0.717, 1.165) is 28.8 Å². The Morgan fingerprint density at radius 2 is 2.05 bits per heavy atom. The summed E-state index contributed by atoms with van der Waals surface area (Å²) in [6.45, 7) is 4.21. The predicted molar refractivity (Wildman–Crippen MR) is 77.5 cm³/mol. The Morgan fingerprint density at radius 1 is 1.32 bits per heavy atom. The Morgan fingerprint density at radius 3 is 2.79 bits per heavy atom. The van der Waals surface area contributed by atoms with E-state index in [1.807, 2.05) is 6.07 Å². The van der Waals surface area contributed by atoms with Crippen molar-refractivity contribution in [3.05, 3.63) is 29.6 Å². The van der Waals surface area contributed by atoms with Gasteiger partial charge in [-0.2, -0.15) is 0 Å². The molecule has 0 bridgehead atoms. The number of phenols is 1. The lowest BCUT2D eigenvalue weighted by Gasteiger charge is -2.34. The summed E-state index contributed by atoms with van der Waals surface area (Å²) in [5.74, 6) is 0.720. The first-order valence-corrected chi connectivity index (χ1v) is 6.51. The second-order valence-electron chi connectivity index (χ2n) is 5.50. The van der Waals surface area contributed by atoms with Crippen molar-refractivity contribution in [2.75, 3.05) is 5.73 Å². The molecule has 0 aliphatic heterocycles. The van der Waals surface area contributed by atoms with Crippen LogP contribution in [-0.2, 0) is 11.8 Å². The molecular formula is C14H15N3OS. The molecule has 19 heavy (non-hydrogen) atoms. The highest BCUT2D eigenvalue weighted by Crippen LogP contribution is 2.47. The summed E-state index contributed by atoms with van der Waals surface area (Å²) in [5.41, 5.74) is 9.65. The quantitative estimate of drug-likeness (QED) is 0.645. The minimum atomic E-state index is -0.182. The van der Waals surface area contributed by atoms with Crippen LogP contribution >= 0.6 is 12.6 Å². The van der Waals surface area contributed by atoms with Gasteiger partial charge in [-0.3, -0.25) is 0 Å². The molecule has 2 aromatic rings. The SMILES string of the molecule is CC1(C)Cc2c(ccc(O)c2S)-c2ncnc(N)c21. The molecule has 0 fully saturated rings. The van der Waals surface area contributed by atoms with Gasteiger partial charge in [0.25, 0.3) is 0 Å². The van der Waals surface area contributed by atoms with Crippen LogP contribution in [0.1, 0.15) is 25.0 Å². The van der Waals surface area contributed by atoms with Gasteiger partial charge in [0.1, 0.15) is 17.9 Å². The van der Waals surface area contributed by atoms with Gasteiger partial charge in [-0.1, -0.05) is 13.8 Å². The molecule has 3 N–H and O–H groups in total. The summed E-state index contributed by atoms with van der Waals surface area (Å²) in [6, 6.07) is 3.51. The van der Waals surface area contributed by atoms with Crippen molar-refractivity contribution < 1.29 is 5.11 Å². The lowest BCUT2D eigenvalue weighted by atomic mass is 9.72. The van der Waals surface area contributed by atoms with Gasteiger partial charge in [-0.15, -0.1) is 12.6 Å². The fourth-order valence-electron chi connectivity index (χ4n) is 2.83. The number of aromatic hydroxyl groups is 1. The molecule has 3 rings (SSSR count). The van der Waals surface area contributed by atoms with Gasteiger partial charge in [0, 0.05) is 16.0 Å². The molecule has 5 heteroatoms. The van der Waals surface area contributed by atoms with E-state index in [9.17, 15) is 5.11 Å². The predicted octanol–water partition coefficient (Wildman–Crippen LogP) is 2.55. The third-order valence-corrected chi connectivity index (χ3v) is 4.19. The third-order valence-electron chi connectivity index (χ3n) is 3.69. The number of anilines is 1. The lowest BCUT2D eigenvalue weighted by Crippen LogP contribution is -2.28. The summed E-state index contributed by atoms with van der Waals surface area (Å²) < 4.78 is 0. The van der Waals surface area contributed by atoms with Crippen molar-refractivity contribution in [3.63, 3.8) is 0 Å². The molecule has 1 aliphatic rings. The summed E-state index contributed by atoms with van der Waals surface area (Å²) in [6.07, 6.45) is 2.23. The standard InChI is InChI=1S/C14H15N3OS/c1-14(2)5-8-7(3-4-9(18)12(8)19)11-10(14)13(15)17-6-16-11/h3-4,6,18-19H,5H2,1-2H3,(H2,15,16,17). The van der Waals surface area contributed by atoms with E-state index in [4.69, 9.17) is 5.73 Å². The Labute approximate surface area is 117 Å². The van der Waals surface area contributed by atoms with E-state index in [-0.39, 0.29) is 11.2 Å².